The Bertz CT molecular complexity index is 818. The minimum Gasteiger partial charge on any atom is -0.444 e. The van der Waals surface area contributed by atoms with E-state index < -0.39 is 29.6 Å². The standard InChI is InChI=1S/C21H34BFN4O4/c1-19(2,3)29-18(28)27-11-9-8-10-16(27)14-26-13-15(24-25-26)12-17(23)22-30-20(4,5)21(6,7)31-22/h12-13,16H,8-11,14H2,1-7H3. The van der Waals surface area contributed by atoms with Crippen LogP contribution in [0, 0.1) is 0 Å². The Labute approximate surface area is 184 Å². The van der Waals surface area contributed by atoms with Gasteiger partial charge in [0.2, 0.25) is 0 Å². The molecule has 0 aliphatic carbocycles. The molecule has 3 rings (SSSR count). The van der Waals surface area contributed by atoms with Crippen LogP contribution in [-0.2, 0) is 20.6 Å². The molecule has 0 saturated carbocycles. The van der Waals surface area contributed by atoms with Gasteiger partial charge in [-0.2, -0.15) is 0 Å². The molecular weight excluding hydrogens is 402 g/mol. The summed E-state index contributed by atoms with van der Waals surface area (Å²) in [7, 11) is -1.07. The van der Waals surface area contributed by atoms with E-state index in [2.05, 4.69) is 10.3 Å². The Morgan fingerprint density at radius 3 is 2.55 bits per heavy atom. The average molecular weight is 436 g/mol. The second-order valence-corrected chi connectivity index (χ2v) is 10.3. The van der Waals surface area contributed by atoms with Gasteiger partial charge in [0.25, 0.3) is 0 Å². The molecule has 0 bridgehead atoms. The van der Waals surface area contributed by atoms with Crippen LogP contribution in [0.2, 0.25) is 0 Å². The van der Waals surface area contributed by atoms with Crippen LogP contribution < -0.4 is 0 Å². The van der Waals surface area contributed by atoms with Gasteiger partial charge in [0.1, 0.15) is 17.0 Å². The molecule has 1 aromatic heterocycles. The number of hydrogen-bond donors (Lipinski definition) is 0. The fourth-order valence-corrected chi connectivity index (χ4v) is 3.60. The molecule has 172 valence electrons. The maximum Gasteiger partial charge on any atom is 0.525 e. The lowest BCUT2D eigenvalue weighted by Crippen LogP contribution is -2.47. The molecule has 2 saturated heterocycles. The van der Waals surface area contributed by atoms with Gasteiger partial charge >= 0.3 is 13.2 Å². The fraction of sp³-hybridized carbons (Fsp3) is 0.762. The number of piperidine rings is 1. The second-order valence-electron chi connectivity index (χ2n) is 10.3. The summed E-state index contributed by atoms with van der Waals surface area (Å²) in [6.45, 7) is 14.2. The lowest BCUT2D eigenvalue weighted by molar-refractivity contribution is 0.00578. The number of likely N-dealkylation sites (tertiary alicyclic amines) is 1. The Balaban J connectivity index is 1.66. The van der Waals surface area contributed by atoms with E-state index in [0.29, 0.717) is 18.8 Å². The van der Waals surface area contributed by atoms with Gasteiger partial charge in [0.05, 0.1) is 30.0 Å². The van der Waals surface area contributed by atoms with Crippen LogP contribution in [0.25, 0.3) is 6.08 Å². The first-order valence-electron chi connectivity index (χ1n) is 10.9. The number of hydrogen-bond acceptors (Lipinski definition) is 6. The van der Waals surface area contributed by atoms with E-state index in [9.17, 15) is 9.18 Å². The monoisotopic (exact) mass is 436 g/mol. The van der Waals surface area contributed by atoms with Crippen LogP contribution in [0.1, 0.15) is 73.4 Å². The third-order valence-corrected chi connectivity index (χ3v) is 5.97. The molecule has 31 heavy (non-hydrogen) atoms. The number of halogens is 1. The summed E-state index contributed by atoms with van der Waals surface area (Å²) in [5, 5.41) is 8.16. The van der Waals surface area contributed by atoms with Gasteiger partial charge < -0.3 is 18.9 Å². The zero-order chi connectivity index (χ0) is 23.0. The number of carbonyl (C=O) groups is 1. The minimum absolute atomic E-state index is 0.0462. The highest BCUT2D eigenvalue weighted by molar-refractivity contribution is 6.54. The Hall–Kier alpha value is -1.94. The number of rotatable bonds is 4. The fourth-order valence-electron chi connectivity index (χ4n) is 3.60. The molecule has 8 nitrogen and oxygen atoms in total. The van der Waals surface area contributed by atoms with E-state index in [1.165, 1.54) is 6.08 Å². The van der Waals surface area contributed by atoms with Gasteiger partial charge in [-0.1, -0.05) is 5.21 Å². The summed E-state index contributed by atoms with van der Waals surface area (Å²) in [4.78, 5) is 14.3. The quantitative estimate of drug-likeness (QED) is 0.664. The summed E-state index contributed by atoms with van der Waals surface area (Å²) in [6, 6.07) is -0.0462. The van der Waals surface area contributed by atoms with Gasteiger partial charge in [0, 0.05) is 6.54 Å². The van der Waals surface area contributed by atoms with E-state index in [1.54, 1.807) is 15.8 Å². The van der Waals surface area contributed by atoms with Crippen LogP contribution in [0.15, 0.2) is 11.9 Å². The molecule has 2 aliphatic rings. The van der Waals surface area contributed by atoms with Crippen molar-refractivity contribution in [3.8, 4) is 0 Å². The molecule has 1 aromatic rings. The van der Waals surface area contributed by atoms with Gasteiger partial charge in [-0.15, -0.1) is 5.10 Å². The van der Waals surface area contributed by atoms with Gasteiger partial charge in [-0.25, -0.2) is 13.9 Å². The topological polar surface area (TPSA) is 78.7 Å². The van der Waals surface area contributed by atoms with Gasteiger partial charge in [0.15, 0.2) is 0 Å². The van der Waals surface area contributed by atoms with Crippen LogP contribution in [0.3, 0.4) is 0 Å². The van der Waals surface area contributed by atoms with E-state index >= 15 is 0 Å². The molecule has 1 unspecified atom stereocenters. The van der Waals surface area contributed by atoms with Crippen molar-refractivity contribution in [3.63, 3.8) is 0 Å². The summed E-state index contributed by atoms with van der Waals surface area (Å²) in [6.07, 6.45) is 5.45. The van der Waals surface area contributed by atoms with Crippen molar-refractivity contribution in [2.45, 2.75) is 97.1 Å². The van der Waals surface area contributed by atoms with Crippen molar-refractivity contribution in [3.05, 3.63) is 17.6 Å². The normalized spacial score (nSPS) is 23.9. The van der Waals surface area contributed by atoms with Crippen LogP contribution in [-0.4, -0.2) is 62.5 Å². The summed E-state index contributed by atoms with van der Waals surface area (Å²) in [5.41, 5.74) is -1.97. The Kier molecular flexibility index (Phi) is 6.53. The second kappa shape index (κ2) is 8.54. The van der Waals surface area contributed by atoms with Crippen molar-refractivity contribution in [1.29, 1.82) is 0 Å². The first kappa shape index (κ1) is 23.7. The maximum absolute atomic E-state index is 14.7. The van der Waals surface area contributed by atoms with Crippen molar-refractivity contribution in [1.82, 2.24) is 19.9 Å². The van der Waals surface area contributed by atoms with E-state index in [1.807, 2.05) is 48.5 Å². The lowest BCUT2D eigenvalue weighted by Gasteiger charge is -2.36. The summed E-state index contributed by atoms with van der Waals surface area (Å²) >= 11 is 0. The van der Waals surface area contributed by atoms with Crippen LogP contribution >= 0.6 is 0 Å². The Morgan fingerprint density at radius 1 is 1.29 bits per heavy atom. The third-order valence-electron chi connectivity index (χ3n) is 5.97. The zero-order valence-electron chi connectivity index (χ0n) is 19.6. The number of ether oxygens (including phenoxy) is 1. The smallest absolute Gasteiger partial charge is 0.444 e. The molecule has 0 aromatic carbocycles. The predicted molar refractivity (Wildman–Crippen MR) is 116 cm³/mol. The zero-order valence-corrected chi connectivity index (χ0v) is 19.6. The SMILES string of the molecule is CC(C)(C)OC(=O)N1CCCCC1Cn1cc(C=C(F)B2OC(C)(C)C(C)(C)O2)nn1. The van der Waals surface area contributed by atoms with Crippen LogP contribution in [0.5, 0.6) is 0 Å². The number of amides is 1. The molecule has 2 fully saturated rings. The molecule has 1 amide bonds. The predicted octanol–water partition coefficient (Wildman–Crippen LogP) is 4.01. The van der Waals surface area contributed by atoms with E-state index in [-0.39, 0.29) is 12.1 Å². The highest BCUT2D eigenvalue weighted by atomic mass is 19.1. The van der Waals surface area contributed by atoms with Crippen molar-refractivity contribution >= 4 is 19.3 Å². The largest absolute Gasteiger partial charge is 0.525 e. The first-order valence-corrected chi connectivity index (χ1v) is 10.9. The number of carbonyl (C=O) groups excluding carboxylic acids is 1. The molecule has 2 aliphatic heterocycles. The summed E-state index contributed by atoms with van der Waals surface area (Å²) in [5.74, 6) is 0. The first-order chi connectivity index (χ1) is 14.3. The number of nitrogens with zero attached hydrogens (tertiary/aromatic N) is 4. The molecular formula is C21H34BFN4O4. The molecule has 3 heterocycles. The van der Waals surface area contributed by atoms with E-state index in [0.717, 1.165) is 19.3 Å². The van der Waals surface area contributed by atoms with Gasteiger partial charge in [-0.3, -0.25) is 0 Å². The highest BCUT2D eigenvalue weighted by Crippen LogP contribution is 2.39. The number of aromatic nitrogens is 3. The van der Waals surface area contributed by atoms with E-state index in [4.69, 9.17) is 14.0 Å². The van der Waals surface area contributed by atoms with Crippen molar-refractivity contribution in [2.75, 3.05) is 6.54 Å². The molecule has 0 N–H and O–H groups in total. The molecule has 1 atom stereocenters. The lowest BCUT2D eigenvalue weighted by atomic mass is 9.87. The van der Waals surface area contributed by atoms with Crippen LogP contribution in [0.4, 0.5) is 9.18 Å². The van der Waals surface area contributed by atoms with Crippen molar-refractivity contribution in [2.24, 2.45) is 0 Å². The van der Waals surface area contributed by atoms with Crippen molar-refractivity contribution < 1.29 is 23.2 Å². The highest BCUT2D eigenvalue weighted by Gasteiger charge is 2.53. The summed E-state index contributed by atoms with van der Waals surface area (Å²) < 4.78 is 33.4. The maximum atomic E-state index is 14.7. The molecule has 10 heteroatoms. The minimum atomic E-state index is -1.07. The molecule has 0 spiro atoms. The molecule has 0 radical (unpaired) electrons. The average Bonchev–Trinajstić information content (AvgIpc) is 3.15. The Morgan fingerprint density at radius 2 is 1.94 bits per heavy atom. The van der Waals surface area contributed by atoms with Gasteiger partial charge in [-0.05, 0) is 73.8 Å². The third kappa shape index (κ3) is 5.66.